The van der Waals surface area contributed by atoms with Crippen molar-refractivity contribution in [1.82, 2.24) is 0 Å². The van der Waals surface area contributed by atoms with Crippen LogP contribution in [0.1, 0.15) is 31.6 Å². The van der Waals surface area contributed by atoms with Crippen LogP contribution in [0, 0.1) is 5.92 Å². The Morgan fingerprint density at radius 3 is 2.70 bits per heavy atom. The van der Waals surface area contributed by atoms with Crippen molar-refractivity contribution in [2.45, 2.75) is 31.6 Å². The van der Waals surface area contributed by atoms with Crippen molar-refractivity contribution in [1.29, 1.82) is 0 Å². The summed E-state index contributed by atoms with van der Waals surface area (Å²) < 4.78 is 10.9. The van der Waals surface area contributed by atoms with Gasteiger partial charge in [0.25, 0.3) is 0 Å². The van der Waals surface area contributed by atoms with Gasteiger partial charge in [0.2, 0.25) is 5.91 Å². The highest BCUT2D eigenvalue weighted by Crippen LogP contribution is 2.38. The van der Waals surface area contributed by atoms with Crippen LogP contribution in [0.5, 0.6) is 0 Å². The Balaban J connectivity index is 1.70. The molecule has 0 bridgehead atoms. The molecule has 1 saturated carbocycles. The van der Waals surface area contributed by atoms with Gasteiger partial charge in [-0.1, -0.05) is 12.1 Å². The number of rotatable bonds is 4. The molecule has 1 atom stereocenters. The first-order chi connectivity index (χ1) is 9.57. The molecule has 3 N–H and O–H groups in total. The summed E-state index contributed by atoms with van der Waals surface area (Å²) in [6, 6.07) is 7.52. The van der Waals surface area contributed by atoms with Crippen LogP contribution >= 0.6 is 0 Å². The van der Waals surface area contributed by atoms with E-state index in [-0.39, 0.29) is 12.2 Å². The van der Waals surface area contributed by atoms with E-state index in [9.17, 15) is 4.79 Å². The summed E-state index contributed by atoms with van der Waals surface area (Å²) >= 11 is 0. The van der Waals surface area contributed by atoms with Crippen LogP contribution < -0.4 is 11.1 Å². The zero-order chi connectivity index (χ0) is 14.2. The van der Waals surface area contributed by atoms with Crippen LogP contribution in [0.4, 0.5) is 5.69 Å². The van der Waals surface area contributed by atoms with Gasteiger partial charge in [-0.15, -0.1) is 0 Å². The molecule has 0 spiro atoms. The average Bonchev–Trinajstić information content (AvgIpc) is 3.15. The minimum absolute atomic E-state index is 0.134. The second kappa shape index (κ2) is 5.16. The molecule has 1 amide bonds. The Kier molecular flexibility index (Phi) is 3.50. The number of nitrogens with two attached hydrogens (primary N) is 1. The molecule has 1 aliphatic carbocycles. The Morgan fingerprint density at radius 1 is 1.35 bits per heavy atom. The van der Waals surface area contributed by atoms with Crippen LogP contribution in [-0.4, -0.2) is 24.7 Å². The topological polar surface area (TPSA) is 73.6 Å². The van der Waals surface area contributed by atoms with Gasteiger partial charge in [0.1, 0.15) is 0 Å². The predicted octanol–water partition coefficient (Wildman–Crippen LogP) is 1.80. The molecule has 3 rings (SSSR count). The molecule has 0 aromatic heterocycles. The number of benzene rings is 1. The molecule has 1 unspecified atom stereocenters. The maximum absolute atomic E-state index is 12.2. The van der Waals surface area contributed by atoms with Gasteiger partial charge in [0, 0.05) is 11.3 Å². The number of hydrogen-bond donors (Lipinski definition) is 2. The highest BCUT2D eigenvalue weighted by molar-refractivity contribution is 5.98. The summed E-state index contributed by atoms with van der Waals surface area (Å²) in [4.78, 5) is 12.2. The molecule has 1 aliphatic heterocycles. The zero-order valence-corrected chi connectivity index (χ0v) is 11.6. The minimum Gasteiger partial charge on any atom is -0.346 e. The van der Waals surface area contributed by atoms with E-state index in [1.807, 2.05) is 24.3 Å². The lowest BCUT2D eigenvalue weighted by molar-refractivity contribution is -0.121. The normalized spacial score (nSPS) is 22.5. The first-order valence-corrected chi connectivity index (χ1v) is 7.01. The van der Waals surface area contributed by atoms with Crippen molar-refractivity contribution in [2.24, 2.45) is 11.7 Å². The molecule has 1 heterocycles. The highest BCUT2D eigenvalue weighted by atomic mass is 16.7. The highest BCUT2D eigenvalue weighted by Gasteiger charge is 2.44. The van der Waals surface area contributed by atoms with Crippen molar-refractivity contribution in [3.63, 3.8) is 0 Å². The lowest BCUT2D eigenvalue weighted by Gasteiger charge is -2.23. The number of hydrogen-bond acceptors (Lipinski definition) is 4. The Morgan fingerprint density at radius 2 is 2.05 bits per heavy atom. The van der Waals surface area contributed by atoms with Crippen molar-refractivity contribution in [2.75, 3.05) is 18.5 Å². The largest absolute Gasteiger partial charge is 0.346 e. The van der Waals surface area contributed by atoms with E-state index in [1.165, 1.54) is 0 Å². The molecule has 1 saturated heterocycles. The number of ether oxygens (including phenoxy) is 2. The summed E-state index contributed by atoms with van der Waals surface area (Å²) in [5, 5.41) is 2.89. The van der Waals surface area contributed by atoms with Gasteiger partial charge in [-0.05, 0) is 37.8 Å². The van der Waals surface area contributed by atoms with E-state index >= 15 is 0 Å². The van der Waals surface area contributed by atoms with Crippen LogP contribution in [-0.2, 0) is 14.3 Å². The molecule has 108 valence electrons. The van der Waals surface area contributed by atoms with Gasteiger partial charge < -0.3 is 20.5 Å². The van der Waals surface area contributed by atoms with Gasteiger partial charge >= 0.3 is 0 Å². The lowest BCUT2D eigenvalue weighted by atomic mass is 9.96. The third-order valence-corrected chi connectivity index (χ3v) is 3.95. The lowest BCUT2D eigenvalue weighted by Crippen LogP contribution is -2.50. The number of carbonyl (C=O) groups is 1. The fraction of sp³-hybridized carbons (Fsp3) is 0.533. The number of anilines is 1. The third kappa shape index (κ3) is 2.70. The van der Waals surface area contributed by atoms with Crippen molar-refractivity contribution in [3.05, 3.63) is 29.8 Å². The molecule has 0 radical (unpaired) electrons. The zero-order valence-electron chi connectivity index (χ0n) is 11.6. The van der Waals surface area contributed by atoms with Gasteiger partial charge in [0.15, 0.2) is 6.29 Å². The van der Waals surface area contributed by atoms with Crippen LogP contribution in [0.2, 0.25) is 0 Å². The maximum Gasteiger partial charge on any atom is 0.244 e. The maximum atomic E-state index is 12.2. The monoisotopic (exact) mass is 276 g/mol. The molecule has 20 heavy (non-hydrogen) atoms. The quantitative estimate of drug-likeness (QED) is 0.879. The van der Waals surface area contributed by atoms with Crippen molar-refractivity contribution >= 4 is 11.6 Å². The van der Waals surface area contributed by atoms with Gasteiger partial charge in [-0.3, -0.25) is 4.79 Å². The van der Waals surface area contributed by atoms with E-state index in [1.54, 1.807) is 6.92 Å². The van der Waals surface area contributed by atoms with E-state index in [4.69, 9.17) is 15.2 Å². The van der Waals surface area contributed by atoms with Crippen LogP contribution in [0.15, 0.2) is 24.3 Å². The summed E-state index contributed by atoms with van der Waals surface area (Å²) in [6.45, 7) is 3.00. The van der Waals surface area contributed by atoms with Crippen LogP contribution in [0.25, 0.3) is 0 Å². The van der Waals surface area contributed by atoms with Crippen molar-refractivity contribution in [3.8, 4) is 0 Å². The van der Waals surface area contributed by atoms with E-state index in [0.29, 0.717) is 19.1 Å². The van der Waals surface area contributed by atoms with Gasteiger partial charge in [-0.2, -0.15) is 0 Å². The Hall–Kier alpha value is -1.43. The summed E-state index contributed by atoms with van der Waals surface area (Å²) in [7, 11) is 0. The summed E-state index contributed by atoms with van der Waals surface area (Å²) in [5.41, 5.74) is 6.95. The molecule has 5 heteroatoms. The third-order valence-electron chi connectivity index (χ3n) is 3.95. The summed E-state index contributed by atoms with van der Waals surface area (Å²) in [6.07, 6.45) is 1.73. The number of nitrogens with one attached hydrogen (secondary N) is 1. The smallest absolute Gasteiger partial charge is 0.244 e. The first-order valence-electron chi connectivity index (χ1n) is 7.01. The van der Waals surface area contributed by atoms with Crippen molar-refractivity contribution < 1.29 is 14.3 Å². The Labute approximate surface area is 118 Å². The first kappa shape index (κ1) is 13.5. The molecule has 1 aromatic carbocycles. The molecule has 2 aliphatic rings. The second-order valence-corrected chi connectivity index (χ2v) is 5.71. The SMILES string of the molecule is CC(N)(C(=O)Nc1cccc(C2OCCO2)c1)C1CC1. The standard InChI is InChI=1S/C15H20N2O3/c1-15(16,11-5-6-11)14(18)17-12-4-2-3-10(9-12)13-19-7-8-20-13/h2-4,9,11,13H,5-8,16H2,1H3,(H,17,18). The number of carbonyl (C=O) groups excluding carboxylic acids is 1. The Bertz CT molecular complexity index is 506. The van der Waals surface area contributed by atoms with E-state index in [2.05, 4.69) is 5.32 Å². The van der Waals surface area contributed by atoms with E-state index < -0.39 is 5.54 Å². The predicted molar refractivity (Wildman–Crippen MR) is 75.0 cm³/mol. The molecule has 1 aromatic rings. The summed E-state index contributed by atoms with van der Waals surface area (Å²) in [5.74, 6) is 0.164. The fourth-order valence-electron chi connectivity index (χ4n) is 2.45. The molecule has 5 nitrogen and oxygen atoms in total. The van der Waals surface area contributed by atoms with Gasteiger partial charge in [0.05, 0.1) is 18.8 Å². The second-order valence-electron chi connectivity index (χ2n) is 5.71. The molecular formula is C15H20N2O3. The molecule has 2 fully saturated rings. The molecular weight excluding hydrogens is 256 g/mol. The fourth-order valence-corrected chi connectivity index (χ4v) is 2.45. The number of amides is 1. The average molecular weight is 276 g/mol. The van der Waals surface area contributed by atoms with Gasteiger partial charge in [-0.25, -0.2) is 0 Å². The minimum atomic E-state index is -0.795. The van der Waals surface area contributed by atoms with Crippen LogP contribution in [0.3, 0.4) is 0 Å². The van der Waals surface area contributed by atoms with E-state index in [0.717, 1.165) is 24.1 Å².